The van der Waals surface area contributed by atoms with Crippen LogP contribution in [-0.2, 0) is 6.54 Å². The number of aryl methyl sites for hydroxylation is 2. The Hall–Kier alpha value is -1.61. The van der Waals surface area contributed by atoms with E-state index >= 15 is 0 Å². The van der Waals surface area contributed by atoms with Gasteiger partial charge in [0.2, 0.25) is 0 Å². The van der Waals surface area contributed by atoms with E-state index in [1.807, 2.05) is 19.1 Å². The van der Waals surface area contributed by atoms with E-state index in [1.165, 1.54) is 32.2 Å². The first kappa shape index (κ1) is 15.3. The molecule has 1 aliphatic rings. The van der Waals surface area contributed by atoms with Crippen molar-refractivity contribution >= 4 is 10.9 Å². The van der Waals surface area contributed by atoms with Crippen molar-refractivity contribution in [3.05, 3.63) is 45.2 Å². The van der Waals surface area contributed by atoms with Crippen LogP contribution >= 0.6 is 0 Å². The summed E-state index contributed by atoms with van der Waals surface area (Å²) in [5.74, 6) is 0. The number of fused-ring (bicyclic) bond motifs is 1. The number of likely N-dealkylation sites (tertiary alicyclic amines) is 1. The molecule has 2 heterocycles. The van der Waals surface area contributed by atoms with Crippen LogP contribution in [0.2, 0.25) is 0 Å². The van der Waals surface area contributed by atoms with Crippen molar-refractivity contribution in [2.45, 2.75) is 59.0 Å². The predicted molar refractivity (Wildman–Crippen MR) is 91.5 cm³/mol. The largest absolute Gasteiger partial charge is 0.358 e. The highest BCUT2D eigenvalue weighted by Crippen LogP contribution is 2.15. The fourth-order valence-electron chi connectivity index (χ4n) is 3.94. The molecule has 0 aliphatic carbocycles. The van der Waals surface area contributed by atoms with Crippen LogP contribution in [0, 0.1) is 13.8 Å². The van der Waals surface area contributed by atoms with E-state index in [4.69, 9.17) is 0 Å². The Balaban J connectivity index is 2.02. The minimum absolute atomic E-state index is 0.225. The molecule has 1 aliphatic heterocycles. The van der Waals surface area contributed by atoms with E-state index in [9.17, 15) is 4.79 Å². The van der Waals surface area contributed by atoms with Gasteiger partial charge >= 0.3 is 0 Å². The van der Waals surface area contributed by atoms with Crippen LogP contribution in [0.1, 0.15) is 49.4 Å². The molecular weight excluding hydrogens is 272 g/mol. The molecule has 0 amide bonds. The SMILES string of the molecule is CC[C@H]1CCCC[NH+]1Cc1c(C)[nH]c2c(C)cccc2c1=O. The fraction of sp³-hybridized carbons (Fsp3) is 0.526. The van der Waals surface area contributed by atoms with E-state index in [2.05, 4.69) is 24.9 Å². The van der Waals surface area contributed by atoms with Crippen LogP contribution in [0.4, 0.5) is 0 Å². The number of hydrogen-bond donors (Lipinski definition) is 2. The molecule has 1 aromatic carbocycles. The average molecular weight is 299 g/mol. The third-order valence-corrected chi connectivity index (χ3v) is 5.33. The van der Waals surface area contributed by atoms with Crippen LogP contribution < -0.4 is 10.3 Å². The van der Waals surface area contributed by atoms with Gasteiger partial charge in [0.1, 0.15) is 6.54 Å². The molecule has 3 rings (SSSR count). The number of quaternary nitrogens is 1. The zero-order chi connectivity index (χ0) is 15.7. The number of pyridine rings is 1. The Kier molecular flexibility index (Phi) is 4.34. The van der Waals surface area contributed by atoms with Crippen LogP contribution in [-0.4, -0.2) is 17.6 Å². The van der Waals surface area contributed by atoms with Crippen LogP contribution in [0.25, 0.3) is 10.9 Å². The van der Waals surface area contributed by atoms with Gasteiger partial charge in [-0.05, 0) is 51.2 Å². The number of benzene rings is 1. The monoisotopic (exact) mass is 299 g/mol. The van der Waals surface area contributed by atoms with E-state index in [-0.39, 0.29) is 5.43 Å². The van der Waals surface area contributed by atoms with Crippen molar-refractivity contribution in [2.24, 2.45) is 0 Å². The van der Waals surface area contributed by atoms with Crippen LogP contribution in [0.5, 0.6) is 0 Å². The lowest BCUT2D eigenvalue weighted by Crippen LogP contribution is -3.15. The number of hydrogen-bond acceptors (Lipinski definition) is 1. The lowest BCUT2D eigenvalue weighted by Gasteiger charge is -2.32. The number of piperidine rings is 1. The van der Waals surface area contributed by atoms with Crippen molar-refractivity contribution in [3.63, 3.8) is 0 Å². The minimum Gasteiger partial charge on any atom is -0.358 e. The summed E-state index contributed by atoms with van der Waals surface area (Å²) in [7, 11) is 0. The molecule has 2 aromatic rings. The average Bonchev–Trinajstić information content (AvgIpc) is 2.53. The van der Waals surface area contributed by atoms with E-state index in [0.717, 1.165) is 34.3 Å². The van der Waals surface area contributed by atoms with E-state index < -0.39 is 0 Å². The standard InChI is InChI=1S/C19H26N2O/c1-4-15-9-5-6-11-21(15)12-17-14(3)20-18-13(2)8-7-10-16(18)19(17)22/h7-8,10,15H,4-6,9,11-12H2,1-3H3,(H,20,22)/p+1/t15-/m0/s1. The molecule has 0 spiro atoms. The molecule has 2 N–H and O–H groups in total. The van der Waals surface area contributed by atoms with Crippen LogP contribution in [0.15, 0.2) is 23.0 Å². The minimum atomic E-state index is 0.225. The molecule has 22 heavy (non-hydrogen) atoms. The van der Waals surface area contributed by atoms with Gasteiger partial charge in [-0.3, -0.25) is 4.79 Å². The van der Waals surface area contributed by atoms with Crippen molar-refractivity contribution < 1.29 is 4.90 Å². The van der Waals surface area contributed by atoms with Crippen molar-refractivity contribution in [1.29, 1.82) is 0 Å². The molecule has 118 valence electrons. The van der Waals surface area contributed by atoms with Gasteiger partial charge in [-0.1, -0.05) is 19.1 Å². The molecule has 1 fully saturated rings. The van der Waals surface area contributed by atoms with Crippen molar-refractivity contribution in [3.8, 4) is 0 Å². The predicted octanol–water partition coefficient (Wildman–Crippen LogP) is 2.49. The number of nitrogens with one attached hydrogen (secondary N) is 2. The summed E-state index contributed by atoms with van der Waals surface area (Å²) in [6, 6.07) is 6.70. The summed E-state index contributed by atoms with van der Waals surface area (Å²) in [6.07, 6.45) is 5.14. The van der Waals surface area contributed by atoms with Gasteiger partial charge < -0.3 is 9.88 Å². The maximum Gasteiger partial charge on any atom is 0.198 e. The molecule has 2 atom stereocenters. The highest BCUT2D eigenvalue weighted by molar-refractivity contribution is 5.82. The summed E-state index contributed by atoms with van der Waals surface area (Å²) in [4.78, 5) is 18.0. The second kappa shape index (κ2) is 6.25. The highest BCUT2D eigenvalue weighted by Gasteiger charge is 2.26. The summed E-state index contributed by atoms with van der Waals surface area (Å²) in [6.45, 7) is 8.44. The lowest BCUT2D eigenvalue weighted by molar-refractivity contribution is -0.944. The third kappa shape index (κ3) is 2.70. The second-order valence-corrected chi connectivity index (χ2v) is 6.74. The van der Waals surface area contributed by atoms with Gasteiger partial charge in [0.15, 0.2) is 5.43 Å². The van der Waals surface area contributed by atoms with Crippen molar-refractivity contribution in [1.82, 2.24) is 4.98 Å². The van der Waals surface area contributed by atoms with Gasteiger partial charge in [0.25, 0.3) is 0 Å². The maximum absolute atomic E-state index is 12.9. The summed E-state index contributed by atoms with van der Waals surface area (Å²) in [5.41, 5.74) is 4.38. The van der Waals surface area contributed by atoms with Gasteiger partial charge in [-0.15, -0.1) is 0 Å². The Labute approximate surface area is 132 Å². The fourth-order valence-corrected chi connectivity index (χ4v) is 3.94. The Morgan fingerprint density at radius 2 is 2.09 bits per heavy atom. The molecule has 1 saturated heterocycles. The molecule has 0 bridgehead atoms. The number of aromatic amines is 1. The highest BCUT2D eigenvalue weighted by atomic mass is 16.1. The smallest absolute Gasteiger partial charge is 0.198 e. The molecule has 3 heteroatoms. The number of rotatable bonds is 3. The number of aromatic nitrogens is 1. The molecule has 1 aromatic heterocycles. The molecule has 3 nitrogen and oxygen atoms in total. The molecular formula is C19H27N2O+. The van der Waals surface area contributed by atoms with Gasteiger partial charge in [0, 0.05) is 11.1 Å². The first-order valence-electron chi connectivity index (χ1n) is 8.57. The van der Waals surface area contributed by atoms with Crippen LogP contribution in [0.3, 0.4) is 0 Å². The zero-order valence-corrected chi connectivity index (χ0v) is 14.0. The Morgan fingerprint density at radius 1 is 1.27 bits per heavy atom. The molecule has 0 saturated carbocycles. The third-order valence-electron chi connectivity index (χ3n) is 5.33. The van der Waals surface area contributed by atoms with E-state index in [1.54, 1.807) is 4.90 Å². The Bertz CT molecular complexity index is 732. The first-order chi connectivity index (χ1) is 10.6. The lowest BCUT2D eigenvalue weighted by atomic mass is 9.98. The van der Waals surface area contributed by atoms with E-state index in [0.29, 0.717) is 6.04 Å². The van der Waals surface area contributed by atoms with Gasteiger partial charge in [0.05, 0.1) is 23.7 Å². The summed E-state index contributed by atoms with van der Waals surface area (Å²) in [5, 5.41) is 0.838. The number of para-hydroxylation sites is 1. The number of H-pyrrole nitrogens is 1. The quantitative estimate of drug-likeness (QED) is 0.898. The van der Waals surface area contributed by atoms with Gasteiger partial charge in [-0.25, -0.2) is 0 Å². The maximum atomic E-state index is 12.9. The Morgan fingerprint density at radius 3 is 2.86 bits per heavy atom. The zero-order valence-electron chi connectivity index (χ0n) is 14.0. The first-order valence-corrected chi connectivity index (χ1v) is 8.57. The topological polar surface area (TPSA) is 37.3 Å². The summed E-state index contributed by atoms with van der Waals surface area (Å²) >= 11 is 0. The van der Waals surface area contributed by atoms with Crippen molar-refractivity contribution in [2.75, 3.05) is 6.54 Å². The van der Waals surface area contributed by atoms with Gasteiger partial charge in [-0.2, -0.15) is 0 Å². The normalized spacial score (nSPS) is 22.1. The molecule has 1 unspecified atom stereocenters. The summed E-state index contributed by atoms with van der Waals surface area (Å²) < 4.78 is 0. The second-order valence-electron chi connectivity index (χ2n) is 6.74. The molecule has 0 radical (unpaired) electrons.